The first-order valence-corrected chi connectivity index (χ1v) is 12.4. The van der Waals surface area contributed by atoms with Gasteiger partial charge in [-0.3, -0.25) is 9.69 Å². The van der Waals surface area contributed by atoms with Crippen LogP contribution in [0.3, 0.4) is 0 Å². The number of nitrogens with two attached hydrogens (primary N) is 1. The number of anilines is 1. The SMILES string of the molecule is CC(C)N1C[C@H]2CC[C@@]2(c2ccc(-c3cnc(N)c(C(=O)NC4CCC(O)CC4)c3)cc2)C1. The maximum absolute atomic E-state index is 12.9. The third kappa shape index (κ3) is 4.15. The van der Waals surface area contributed by atoms with E-state index in [0.717, 1.165) is 49.3 Å². The molecule has 1 amide bonds. The molecule has 3 aliphatic rings. The lowest BCUT2D eigenvalue weighted by Crippen LogP contribution is -2.43. The molecule has 1 aromatic carbocycles. The number of likely N-dealkylation sites (tertiary alicyclic amines) is 1. The molecule has 0 spiro atoms. The number of nitrogens with one attached hydrogen (secondary N) is 1. The third-order valence-electron chi connectivity index (χ3n) is 8.38. The number of carbonyl (C=O) groups excluding carboxylic acids is 1. The smallest absolute Gasteiger partial charge is 0.255 e. The Morgan fingerprint density at radius 1 is 1.15 bits per heavy atom. The highest BCUT2D eigenvalue weighted by Gasteiger charge is 2.53. The van der Waals surface area contributed by atoms with Gasteiger partial charge in [-0.2, -0.15) is 0 Å². The average molecular weight is 449 g/mol. The van der Waals surface area contributed by atoms with Gasteiger partial charge in [0.15, 0.2) is 0 Å². The number of aromatic nitrogens is 1. The van der Waals surface area contributed by atoms with Gasteiger partial charge in [0.05, 0.1) is 11.7 Å². The zero-order valence-corrected chi connectivity index (χ0v) is 19.8. The fourth-order valence-corrected chi connectivity index (χ4v) is 6.04. The lowest BCUT2D eigenvalue weighted by molar-refractivity contribution is 0.0868. The zero-order valence-electron chi connectivity index (χ0n) is 19.8. The summed E-state index contributed by atoms with van der Waals surface area (Å²) in [5.41, 5.74) is 10.2. The second-order valence-electron chi connectivity index (χ2n) is 10.6. The van der Waals surface area contributed by atoms with Crippen LogP contribution in [0.25, 0.3) is 11.1 Å². The fraction of sp³-hybridized carbons (Fsp3) is 0.556. The summed E-state index contributed by atoms with van der Waals surface area (Å²) in [7, 11) is 0. The number of hydrogen-bond donors (Lipinski definition) is 3. The second-order valence-corrected chi connectivity index (χ2v) is 10.6. The molecule has 2 aromatic rings. The van der Waals surface area contributed by atoms with E-state index in [-0.39, 0.29) is 23.9 Å². The highest BCUT2D eigenvalue weighted by molar-refractivity contribution is 5.99. The highest BCUT2D eigenvalue weighted by atomic mass is 16.3. The summed E-state index contributed by atoms with van der Waals surface area (Å²) in [5.74, 6) is 0.829. The molecule has 0 unspecified atom stereocenters. The molecule has 0 bridgehead atoms. The van der Waals surface area contributed by atoms with Gasteiger partial charge in [-0.15, -0.1) is 0 Å². The van der Waals surface area contributed by atoms with Crippen LogP contribution < -0.4 is 11.1 Å². The Kier molecular flexibility index (Phi) is 5.91. The van der Waals surface area contributed by atoms with E-state index in [2.05, 4.69) is 53.3 Å². The van der Waals surface area contributed by atoms with Crippen LogP contribution in [0.1, 0.15) is 68.3 Å². The van der Waals surface area contributed by atoms with Gasteiger partial charge >= 0.3 is 0 Å². The Morgan fingerprint density at radius 3 is 2.52 bits per heavy atom. The molecule has 0 radical (unpaired) electrons. The number of amides is 1. The number of hydrogen-bond acceptors (Lipinski definition) is 5. The predicted octanol–water partition coefficient (Wildman–Crippen LogP) is 3.74. The molecule has 3 fully saturated rings. The molecule has 176 valence electrons. The van der Waals surface area contributed by atoms with E-state index < -0.39 is 0 Å². The summed E-state index contributed by atoms with van der Waals surface area (Å²) in [4.78, 5) is 19.8. The van der Waals surface area contributed by atoms with E-state index in [1.54, 1.807) is 6.20 Å². The molecule has 1 saturated heterocycles. The minimum atomic E-state index is -0.247. The molecule has 2 aliphatic carbocycles. The number of pyridine rings is 1. The molecular weight excluding hydrogens is 412 g/mol. The Labute approximate surface area is 196 Å². The quantitative estimate of drug-likeness (QED) is 0.648. The number of aliphatic hydroxyl groups excluding tert-OH is 1. The molecular formula is C27H36N4O2. The van der Waals surface area contributed by atoms with Crippen molar-refractivity contribution in [3.8, 4) is 11.1 Å². The number of benzene rings is 1. The molecule has 4 N–H and O–H groups in total. The standard InChI is InChI=1S/C27H36N4O2/c1-17(2)31-15-21-11-12-27(21,16-31)20-5-3-18(4-6-20)19-13-24(25(28)29-14-19)26(33)30-22-7-9-23(32)10-8-22/h3-6,13-14,17,21-23,32H,7-12,15-16H2,1-2H3,(H2,28,29)(H,30,33)/t21-,22?,23?,27+/m1/s1. The van der Waals surface area contributed by atoms with Crippen molar-refractivity contribution < 1.29 is 9.90 Å². The van der Waals surface area contributed by atoms with E-state index >= 15 is 0 Å². The van der Waals surface area contributed by atoms with Crippen LogP contribution >= 0.6 is 0 Å². The van der Waals surface area contributed by atoms with Crippen molar-refractivity contribution in [2.24, 2.45) is 5.92 Å². The highest BCUT2D eigenvalue weighted by Crippen LogP contribution is 2.54. The topological polar surface area (TPSA) is 91.5 Å². The van der Waals surface area contributed by atoms with E-state index in [0.29, 0.717) is 17.0 Å². The number of aliphatic hydroxyl groups is 1. The van der Waals surface area contributed by atoms with Gasteiger partial charge in [-0.25, -0.2) is 4.98 Å². The Morgan fingerprint density at radius 2 is 1.88 bits per heavy atom. The summed E-state index contributed by atoms with van der Waals surface area (Å²) in [6.07, 6.45) is 7.13. The number of fused-ring (bicyclic) bond motifs is 1. The minimum absolute atomic E-state index is 0.0785. The van der Waals surface area contributed by atoms with Crippen LogP contribution in [0.2, 0.25) is 0 Å². The Balaban J connectivity index is 1.32. The first-order chi connectivity index (χ1) is 15.9. The van der Waals surface area contributed by atoms with Crippen LogP contribution in [-0.2, 0) is 5.41 Å². The fourth-order valence-electron chi connectivity index (χ4n) is 6.04. The van der Waals surface area contributed by atoms with Crippen LogP contribution in [0.4, 0.5) is 5.82 Å². The van der Waals surface area contributed by atoms with Crippen LogP contribution in [0.5, 0.6) is 0 Å². The maximum atomic E-state index is 12.9. The van der Waals surface area contributed by atoms with E-state index in [1.165, 1.54) is 24.9 Å². The molecule has 1 aliphatic heterocycles. The zero-order chi connectivity index (χ0) is 23.2. The van der Waals surface area contributed by atoms with E-state index in [1.807, 2.05) is 6.07 Å². The summed E-state index contributed by atoms with van der Waals surface area (Å²) in [6, 6.07) is 11.4. The van der Waals surface area contributed by atoms with Crippen molar-refractivity contribution in [2.45, 2.75) is 76.0 Å². The summed E-state index contributed by atoms with van der Waals surface area (Å²) < 4.78 is 0. The third-order valence-corrected chi connectivity index (χ3v) is 8.38. The number of nitrogens with zero attached hydrogens (tertiary/aromatic N) is 2. The van der Waals surface area contributed by atoms with Crippen molar-refractivity contribution in [2.75, 3.05) is 18.8 Å². The monoisotopic (exact) mass is 448 g/mol. The largest absolute Gasteiger partial charge is 0.393 e. The van der Waals surface area contributed by atoms with E-state index in [9.17, 15) is 9.90 Å². The summed E-state index contributed by atoms with van der Waals surface area (Å²) >= 11 is 0. The van der Waals surface area contributed by atoms with Gasteiger partial charge in [-0.1, -0.05) is 24.3 Å². The number of carbonyl (C=O) groups is 1. The van der Waals surface area contributed by atoms with E-state index in [4.69, 9.17) is 5.73 Å². The second kappa shape index (κ2) is 8.73. The molecule has 5 rings (SSSR count). The van der Waals surface area contributed by atoms with Crippen molar-refractivity contribution in [3.63, 3.8) is 0 Å². The van der Waals surface area contributed by atoms with Gasteiger partial charge in [0.2, 0.25) is 0 Å². The van der Waals surface area contributed by atoms with Crippen LogP contribution in [0.15, 0.2) is 36.5 Å². The van der Waals surface area contributed by atoms with Gasteiger partial charge in [0.1, 0.15) is 5.82 Å². The van der Waals surface area contributed by atoms with Crippen LogP contribution in [0, 0.1) is 5.92 Å². The van der Waals surface area contributed by atoms with Crippen molar-refractivity contribution in [1.29, 1.82) is 0 Å². The molecule has 6 heteroatoms. The number of nitrogen functional groups attached to an aromatic ring is 1. The average Bonchev–Trinajstić information content (AvgIpc) is 3.07. The lowest BCUT2D eigenvalue weighted by atomic mass is 9.58. The van der Waals surface area contributed by atoms with Crippen molar-refractivity contribution >= 4 is 11.7 Å². The molecule has 2 atom stereocenters. The van der Waals surface area contributed by atoms with Gasteiger partial charge in [0.25, 0.3) is 5.91 Å². The first-order valence-electron chi connectivity index (χ1n) is 12.4. The van der Waals surface area contributed by atoms with Gasteiger partial charge < -0.3 is 16.2 Å². The van der Waals surface area contributed by atoms with Gasteiger partial charge in [-0.05, 0) is 75.5 Å². The van der Waals surface area contributed by atoms with Crippen LogP contribution in [-0.4, -0.2) is 52.2 Å². The lowest BCUT2D eigenvalue weighted by Gasteiger charge is -2.45. The maximum Gasteiger partial charge on any atom is 0.255 e. The first kappa shape index (κ1) is 22.4. The molecule has 1 aromatic heterocycles. The minimum Gasteiger partial charge on any atom is -0.393 e. The van der Waals surface area contributed by atoms with Crippen molar-refractivity contribution in [1.82, 2.24) is 15.2 Å². The summed E-state index contributed by atoms with van der Waals surface area (Å²) in [5, 5.41) is 12.8. The molecule has 2 heterocycles. The Hall–Kier alpha value is -2.44. The molecule has 33 heavy (non-hydrogen) atoms. The van der Waals surface area contributed by atoms with Gasteiger partial charge in [0, 0.05) is 42.3 Å². The summed E-state index contributed by atoms with van der Waals surface area (Å²) in [6.45, 7) is 6.95. The number of rotatable bonds is 5. The van der Waals surface area contributed by atoms with Crippen molar-refractivity contribution in [3.05, 3.63) is 47.7 Å². The molecule has 2 saturated carbocycles. The molecule has 6 nitrogen and oxygen atoms in total. The normalized spacial score (nSPS) is 29.5. The Bertz CT molecular complexity index is 1010. The predicted molar refractivity (Wildman–Crippen MR) is 131 cm³/mol.